The molecule has 5 rings (SSSR count). The first-order chi connectivity index (χ1) is 19.4. The highest BCUT2D eigenvalue weighted by molar-refractivity contribution is 7.17. The third-order valence-corrected chi connectivity index (χ3v) is 8.10. The molecule has 0 aliphatic rings. The van der Waals surface area contributed by atoms with Crippen molar-refractivity contribution in [2.75, 3.05) is 6.61 Å². The minimum Gasteiger partial charge on any atom is -0.485 e. The van der Waals surface area contributed by atoms with Crippen LogP contribution in [0, 0.1) is 13.8 Å². The summed E-state index contributed by atoms with van der Waals surface area (Å²) in [6.45, 7) is 3.80. The molecule has 0 bridgehead atoms. The summed E-state index contributed by atoms with van der Waals surface area (Å²) in [6.07, 6.45) is 1.70. The highest BCUT2D eigenvalue weighted by Crippen LogP contribution is 2.28. The van der Waals surface area contributed by atoms with E-state index in [1.807, 2.05) is 73.8 Å². The van der Waals surface area contributed by atoms with E-state index < -0.39 is 0 Å². The molecule has 0 spiro atoms. The summed E-state index contributed by atoms with van der Waals surface area (Å²) in [5.41, 5.74) is 7.94. The molecule has 200 valence electrons. The molecular weight excluding hydrogens is 541 g/mol. The number of hydrogen-bond donors (Lipinski definition) is 1. The number of carbonyl (C=O) groups is 2. The van der Waals surface area contributed by atoms with E-state index in [0.29, 0.717) is 22.0 Å². The number of thiazole rings is 2. The molecule has 40 heavy (non-hydrogen) atoms. The molecule has 0 unspecified atom stereocenters. The molecule has 3 aromatic carbocycles. The number of hydrazone groups is 1. The van der Waals surface area contributed by atoms with E-state index in [1.165, 1.54) is 28.2 Å². The molecular formula is C31H26N4O3S2. The summed E-state index contributed by atoms with van der Waals surface area (Å²) in [5, 5.41) is 7.63. The smallest absolute Gasteiger partial charge is 0.246 e. The molecule has 7 nitrogen and oxygen atoms in total. The van der Waals surface area contributed by atoms with Gasteiger partial charge in [-0.3, -0.25) is 9.59 Å². The molecule has 0 saturated carbocycles. The number of carbonyl (C=O) groups excluding carboxylic acids is 2. The standard InChI is InChI=1S/C31H26N4O3S2/c1-20-8-12-24(13-9-20)30-34-25(19-39-30)16-28(37)35-32-17-22-10-14-26(15-11-22)38-18-27(36)29-21(2)33-31(40-29)23-6-4-3-5-7-23/h3-15,17,19H,16,18H2,1-2H3,(H,35,37)/b32-17-. The van der Waals surface area contributed by atoms with Gasteiger partial charge in [-0.2, -0.15) is 5.10 Å². The monoisotopic (exact) mass is 566 g/mol. The van der Waals surface area contributed by atoms with Gasteiger partial charge in [-0.25, -0.2) is 15.4 Å². The number of aromatic nitrogens is 2. The Bertz CT molecular complexity index is 1640. The van der Waals surface area contributed by atoms with Gasteiger partial charge in [0, 0.05) is 16.5 Å². The Balaban J connectivity index is 1.09. The summed E-state index contributed by atoms with van der Waals surface area (Å²) in [6, 6.07) is 25.1. The number of rotatable bonds is 10. The van der Waals surface area contributed by atoms with Crippen LogP contribution < -0.4 is 10.2 Å². The van der Waals surface area contributed by atoms with E-state index in [0.717, 1.165) is 26.7 Å². The van der Waals surface area contributed by atoms with Crippen molar-refractivity contribution in [2.24, 2.45) is 5.10 Å². The fourth-order valence-corrected chi connectivity index (χ4v) is 5.65. The fourth-order valence-electron chi connectivity index (χ4n) is 3.82. The Morgan fingerprint density at radius 3 is 2.38 bits per heavy atom. The van der Waals surface area contributed by atoms with E-state index in [-0.39, 0.29) is 24.7 Å². The molecule has 0 aliphatic heterocycles. The molecule has 1 amide bonds. The van der Waals surface area contributed by atoms with Crippen LogP contribution in [0.25, 0.3) is 21.1 Å². The molecule has 9 heteroatoms. The van der Waals surface area contributed by atoms with Gasteiger partial charge in [0.05, 0.1) is 28.9 Å². The summed E-state index contributed by atoms with van der Waals surface area (Å²) in [4.78, 5) is 34.8. The van der Waals surface area contributed by atoms with Crippen LogP contribution in [-0.4, -0.2) is 34.5 Å². The topological polar surface area (TPSA) is 93.5 Å². The normalized spacial score (nSPS) is 11.1. The molecule has 2 aromatic heterocycles. The number of aryl methyl sites for hydroxylation is 2. The van der Waals surface area contributed by atoms with Crippen molar-refractivity contribution in [3.8, 4) is 26.9 Å². The van der Waals surface area contributed by atoms with Crippen molar-refractivity contribution in [3.05, 3.63) is 112 Å². The minimum atomic E-state index is -0.246. The van der Waals surface area contributed by atoms with Gasteiger partial charge in [0.2, 0.25) is 11.7 Å². The van der Waals surface area contributed by atoms with Crippen LogP contribution in [0.4, 0.5) is 0 Å². The zero-order valence-electron chi connectivity index (χ0n) is 22.0. The number of ether oxygens (including phenoxy) is 1. The van der Waals surface area contributed by atoms with Crippen molar-refractivity contribution < 1.29 is 14.3 Å². The molecule has 0 atom stereocenters. The quantitative estimate of drug-likeness (QED) is 0.118. The van der Waals surface area contributed by atoms with Crippen LogP contribution in [0.15, 0.2) is 89.3 Å². The summed E-state index contributed by atoms with van der Waals surface area (Å²) >= 11 is 2.89. The van der Waals surface area contributed by atoms with Crippen LogP contribution >= 0.6 is 22.7 Å². The fraction of sp³-hybridized carbons (Fsp3) is 0.129. The average molecular weight is 567 g/mol. The molecule has 2 heterocycles. The number of amides is 1. The minimum absolute atomic E-state index is 0.0804. The second-order valence-corrected chi connectivity index (χ2v) is 10.9. The number of benzene rings is 3. The number of nitrogens with one attached hydrogen (secondary N) is 1. The lowest BCUT2D eigenvalue weighted by Crippen LogP contribution is -2.19. The van der Waals surface area contributed by atoms with Gasteiger partial charge in [0.15, 0.2) is 6.61 Å². The average Bonchev–Trinajstić information content (AvgIpc) is 3.60. The lowest BCUT2D eigenvalue weighted by atomic mass is 10.2. The molecule has 5 aromatic rings. The molecule has 1 N–H and O–H groups in total. The first kappa shape index (κ1) is 27.1. The third-order valence-electron chi connectivity index (χ3n) is 5.92. The molecule has 0 aliphatic carbocycles. The lowest BCUT2D eigenvalue weighted by Gasteiger charge is -2.05. The second-order valence-electron chi connectivity index (χ2n) is 9.06. The third kappa shape index (κ3) is 6.93. The van der Waals surface area contributed by atoms with Crippen molar-refractivity contribution in [1.29, 1.82) is 0 Å². The van der Waals surface area contributed by atoms with Gasteiger partial charge in [-0.15, -0.1) is 22.7 Å². The van der Waals surface area contributed by atoms with E-state index in [9.17, 15) is 9.59 Å². The maximum atomic E-state index is 12.8. The van der Waals surface area contributed by atoms with E-state index >= 15 is 0 Å². The Morgan fingerprint density at radius 1 is 0.900 bits per heavy atom. The Hall–Kier alpha value is -4.47. The highest BCUT2D eigenvalue weighted by Gasteiger charge is 2.17. The van der Waals surface area contributed by atoms with E-state index in [1.54, 1.807) is 30.5 Å². The number of hydrogen-bond acceptors (Lipinski definition) is 8. The van der Waals surface area contributed by atoms with Gasteiger partial charge in [0.1, 0.15) is 15.8 Å². The molecule has 0 radical (unpaired) electrons. The Labute approximate surface area is 240 Å². The van der Waals surface area contributed by atoms with Crippen LogP contribution in [0.1, 0.15) is 32.2 Å². The van der Waals surface area contributed by atoms with E-state index in [2.05, 4.69) is 20.5 Å². The first-order valence-corrected chi connectivity index (χ1v) is 14.3. The van der Waals surface area contributed by atoms with Crippen LogP contribution in [0.3, 0.4) is 0 Å². The predicted octanol–water partition coefficient (Wildman–Crippen LogP) is 6.50. The zero-order valence-corrected chi connectivity index (χ0v) is 23.6. The van der Waals surface area contributed by atoms with Crippen LogP contribution in [0.5, 0.6) is 5.75 Å². The Morgan fingerprint density at radius 2 is 1.62 bits per heavy atom. The van der Waals surface area contributed by atoms with Crippen LogP contribution in [-0.2, 0) is 11.2 Å². The number of Topliss-reactive ketones (excluding diaryl/α,β-unsaturated/α-hetero) is 1. The van der Waals surface area contributed by atoms with Gasteiger partial charge in [0.25, 0.3) is 0 Å². The number of nitrogens with zero attached hydrogens (tertiary/aromatic N) is 3. The highest BCUT2D eigenvalue weighted by atomic mass is 32.1. The predicted molar refractivity (Wildman–Crippen MR) is 160 cm³/mol. The largest absolute Gasteiger partial charge is 0.485 e. The zero-order chi connectivity index (χ0) is 27.9. The van der Waals surface area contributed by atoms with Gasteiger partial charge in [-0.1, -0.05) is 60.2 Å². The summed E-state index contributed by atoms with van der Waals surface area (Å²) in [5.74, 6) is 0.203. The van der Waals surface area contributed by atoms with Crippen molar-refractivity contribution in [3.63, 3.8) is 0 Å². The lowest BCUT2D eigenvalue weighted by molar-refractivity contribution is -0.120. The number of ketones is 1. The molecule has 0 fully saturated rings. The maximum Gasteiger partial charge on any atom is 0.246 e. The van der Waals surface area contributed by atoms with E-state index in [4.69, 9.17) is 4.74 Å². The maximum absolute atomic E-state index is 12.8. The van der Waals surface area contributed by atoms with Gasteiger partial charge < -0.3 is 4.74 Å². The van der Waals surface area contributed by atoms with Crippen molar-refractivity contribution in [1.82, 2.24) is 15.4 Å². The molecule has 0 saturated heterocycles. The van der Waals surface area contributed by atoms with Crippen molar-refractivity contribution in [2.45, 2.75) is 20.3 Å². The van der Waals surface area contributed by atoms with Gasteiger partial charge >= 0.3 is 0 Å². The summed E-state index contributed by atoms with van der Waals surface area (Å²) in [7, 11) is 0. The second kappa shape index (κ2) is 12.6. The Kier molecular flexibility index (Phi) is 8.53. The first-order valence-electron chi connectivity index (χ1n) is 12.6. The van der Waals surface area contributed by atoms with Crippen molar-refractivity contribution >= 4 is 40.6 Å². The summed E-state index contributed by atoms with van der Waals surface area (Å²) < 4.78 is 5.71. The van der Waals surface area contributed by atoms with Crippen LogP contribution in [0.2, 0.25) is 0 Å². The SMILES string of the molecule is Cc1ccc(-c2nc(CC(=O)N/N=C\c3ccc(OCC(=O)c4sc(-c5ccccc5)nc4C)cc3)cs2)cc1. The van der Waals surface area contributed by atoms with Gasteiger partial charge in [-0.05, 0) is 43.7 Å².